The SMILES string of the molecule is CSc1sc(OC(=O)C(F)(F)F)c2c1C(=O)CC(C)(C)C2. The molecule has 1 aromatic heterocycles. The summed E-state index contributed by atoms with van der Waals surface area (Å²) in [6.07, 6.45) is -2.58. The van der Waals surface area contributed by atoms with E-state index in [2.05, 4.69) is 4.74 Å². The van der Waals surface area contributed by atoms with Crippen LogP contribution in [-0.4, -0.2) is 24.2 Å². The molecule has 21 heavy (non-hydrogen) atoms. The second-order valence-corrected chi connectivity index (χ2v) is 7.62. The predicted octanol–water partition coefficient (Wildman–Crippen LogP) is 4.09. The molecule has 1 heterocycles. The Morgan fingerprint density at radius 2 is 1.95 bits per heavy atom. The zero-order chi connectivity index (χ0) is 16.0. The number of hydrogen-bond donors (Lipinski definition) is 0. The van der Waals surface area contributed by atoms with Crippen LogP contribution in [0.2, 0.25) is 0 Å². The van der Waals surface area contributed by atoms with E-state index in [1.165, 1.54) is 11.8 Å². The maximum Gasteiger partial charge on any atom is 0.491 e. The second-order valence-electron chi connectivity index (χ2n) is 5.56. The first kappa shape index (κ1) is 16.4. The van der Waals surface area contributed by atoms with Gasteiger partial charge in [-0.3, -0.25) is 4.79 Å². The Hall–Kier alpha value is -1.02. The number of halogens is 3. The largest absolute Gasteiger partial charge is 0.491 e. The molecule has 1 aliphatic rings. The molecule has 8 heteroatoms. The van der Waals surface area contributed by atoms with Crippen LogP contribution in [0.25, 0.3) is 0 Å². The van der Waals surface area contributed by atoms with Crippen LogP contribution in [-0.2, 0) is 11.2 Å². The molecule has 0 atom stereocenters. The van der Waals surface area contributed by atoms with Crippen molar-refractivity contribution in [2.45, 2.75) is 37.1 Å². The van der Waals surface area contributed by atoms with Crippen LogP contribution < -0.4 is 4.74 Å². The Morgan fingerprint density at radius 3 is 2.48 bits per heavy atom. The van der Waals surface area contributed by atoms with Crippen molar-refractivity contribution < 1.29 is 27.5 Å². The molecule has 0 radical (unpaired) electrons. The predicted molar refractivity (Wildman–Crippen MR) is 74.2 cm³/mol. The summed E-state index contributed by atoms with van der Waals surface area (Å²) in [5, 5.41) is -0.113. The van der Waals surface area contributed by atoms with Gasteiger partial charge in [0.15, 0.2) is 10.8 Å². The number of hydrogen-bond acceptors (Lipinski definition) is 5. The van der Waals surface area contributed by atoms with Crippen molar-refractivity contribution in [2.24, 2.45) is 5.41 Å². The Bertz CT molecular complexity index is 603. The highest BCUT2D eigenvalue weighted by atomic mass is 32.2. The minimum atomic E-state index is -5.05. The van der Waals surface area contributed by atoms with E-state index in [1.807, 2.05) is 13.8 Å². The molecule has 3 nitrogen and oxygen atoms in total. The fourth-order valence-corrected chi connectivity index (χ4v) is 4.22. The number of carbonyl (C=O) groups is 2. The van der Waals surface area contributed by atoms with Gasteiger partial charge in [-0.2, -0.15) is 13.2 Å². The molecular weight excluding hydrogens is 325 g/mol. The Kier molecular flexibility index (Phi) is 4.14. The first-order chi connectivity index (χ1) is 9.55. The van der Waals surface area contributed by atoms with Crippen LogP contribution in [0.1, 0.15) is 36.2 Å². The average Bonchev–Trinajstić information content (AvgIpc) is 2.64. The van der Waals surface area contributed by atoms with Gasteiger partial charge >= 0.3 is 12.1 Å². The van der Waals surface area contributed by atoms with Crippen LogP contribution in [0.4, 0.5) is 13.2 Å². The van der Waals surface area contributed by atoms with Gasteiger partial charge in [-0.25, -0.2) is 4.79 Å². The van der Waals surface area contributed by atoms with E-state index in [-0.39, 0.29) is 16.3 Å². The highest BCUT2D eigenvalue weighted by Crippen LogP contribution is 2.48. The zero-order valence-electron chi connectivity index (χ0n) is 11.6. The molecular formula is C13H13F3O3S2. The van der Waals surface area contributed by atoms with Crippen LogP contribution >= 0.6 is 23.1 Å². The lowest BCUT2D eigenvalue weighted by atomic mass is 9.75. The van der Waals surface area contributed by atoms with Gasteiger partial charge in [-0.15, -0.1) is 11.8 Å². The lowest BCUT2D eigenvalue weighted by Crippen LogP contribution is -2.29. The van der Waals surface area contributed by atoms with Gasteiger partial charge in [0.05, 0.1) is 4.21 Å². The minimum Gasteiger partial charge on any atom is -0.408 e. The standard InChI is InChI=1S/C13H13F3O3S2/c1-12(2)4-6-8(7(17)5-12)10(20-3)21-9(6)19-11(18)13(14,15)16/h4-5H2,1-3H3. The van der Waals surface area contributed by atoms with E-state index < -0.39 is 12.1 Å². The lowest BCUT2D eigenvalue weighted by Gasteiger charge is -2.29. The molecule has 0 aromatic carbocycles. The highest BCUT2D eigenvalue weighted by molar-refractivity contribution is 8.00. The smallest absolute Gasteiger partial charge is 0.408 e. The molecule has 0 saturated carbocycles. The van der Waals surface area contributed by atoms with Gasteiger partial charge < -0.3 is 4.74 Å². The quantitative estimate of drug-likeness (QED) is 0.602. The van der Waals surface area contributed by atoms with Crippen molar-refractivity contribution in [3.8, 4) is 5.06 Å². The highest BCUT2D eigenvalue weighted by Gasteiger charge is 2.43. The molecule has 1 aromatic rings. The number of esters is 1. The van der Waals surface area contributed by atoms with E-state index in [9.17, 15) is 22.8 Å². The first-order valence-corrected chi connectivity index (χ1v) is 8.11. The molecule has 0 aliphatic heterocycles. The molecule has 0 N–H and O–H groups in total. The number of carbonyl (C=O) groups excluding carboxylic acids is 2. The number of thioether (sulfide) groups is 1. The average molecular weight is 338 g/mol. The summed E-state index contributed by atoms with van der Waals surface area (Å²) in [7, 11) is 0. The van der Waals surface area contributed by atoms with Gasteiger partial charge in [-0.05, 0) is 18.1 Å². The third-order valence-electron chi connectivity index (χ3n) is 3.11. The number of rotatable bonds is 2. The summed E-state index contributed by atoms with van der Waals surface area (Å²) in [5.41, 5.74) is 0.472. The molecule has 0 unspecified atom stereocenters. The Labute approximate surface area is 127 Å². The number of alkyl halides is 3. The molecule has 1 aliphatic carbocycles. The van der Waals surface area contributed by atoms with Crippen molar-refractivity contribution in [3.05, 3.63) is 11.1 Å². The molecule has 116 valence electrons. The van der Waals surface area contributed by atoms with E-state index in [0.29, 0.717) is 28.2 Å². The third-order valence-corrected chi connectivity index (χ3v) is 5.34. The molecule has 0 fully saturated rings. The van der Waals surface area contributed by atoms with Crippen molar-refractivity contribution in [2.75, 3.05) is 6.26 Å². The second kappa shape index (κ2) is 5.31. The van der Waals surface area contributed by atoms with Gasteiger partial charge in [0, 0.05) is 17.5 Å². The number of ketones is 1. The fourth-order valence-electron chi connectivity index (χ4n) is 2.30. The molecule has 0 spiro atoms. The summed E-state index contributed by atoms with van der Waals surface area (Å²) >= 11 is 2.19. The van der Waals surface area contributed by atoms with Crippen molar-refractivity contribution in [1.82, 2.24) is 0 Å². The van der Waals surface area contributed by atoms with Gasteiger partial charge in [0.2, 0.25) is 0 Å². The summed E-state index contributed by atoms with van der Waals surface area (Å²) in [6, 6.07) is 0. The van der Waals surface area contributed by atoms with E-state index in [1.54, 1.807) is 6.26 Å². The van der Waals surface area contributed by atoms with Gasteiger partial charge in [-0.1, -0.05) is 25.2 Å². The summed E-state index contributed by atoms with van der Waals surface area (Å²) in [5.74, 6) is -2.37. The summed E-state index contributed by atoms with van der Waals surface area (Å²) < 4.78 is 42.1. The Balaban J connectivity index is 2.45. The monoisotopic (exact) mass is 338 g/mol. The third kappa shape index (κ3) is 3.26. The molecule has 0 bridgehead atoms. The van der Waals surface area contributed by atoms with Crippen molar-refractivity contribution in [3.63, 3.8) is 0 Å². The number of thiophene rings is 1. The van der Waals surface area contributed by atoms with Crippen molar-refractivity contribution in [1.29, 1.82) is 0 Å². The summed E-state index contributed by atoms with van der Waals surface area (Å²) in [6.45, 7) is 3.72. The maximum absolute atomic E-state index is 12.3. The Morgan fingerprint density at radius 1 is 1.33 bits per heavy atom. The first-order valence-electron chi connectivity index (χ1n) is 6.07. The lowest BCUT2D eigenvalue weighted by molar-refractivity contribution is -0.189. The number of fused-ring (bicyclic) bond motifs is 1. The fraction of sp³-hybridized carbons (Fsp3) is 0.538. The van der Waals surface area contributed by atoms with Crippen molar-refractivity contribution >= 4 is 34.9 Å². The van der Waals surface area contributed by atoms with E-state index >= 15 is 0 Å². The number of Topliss-reactive ketones (excluding diaryl/α,β-unsaturated/α-hetero) is 1. The summed E-state index contributed by atoms with van der Waals surface area (Å²) in [4.78, 5) is 23.2. The van der Waals surface area contributed by atoms with E-state index in [4.69, 9.17) is 0 Å². The normalized spacial score (nSPS) is 17.5. The molecule has 0 amide bonds. The van der Waals surface area contributed by atoms with Crippen LogP contribution in [0, 0.1) is 5.41 Å². The molecule has 0 saturated heterocycles. The minimum absolute atomic E-state index is 0.113. The van der Waals surface area contributed by atoms with Gasteiger partial charge in [0.1, 0.15) is 0 Å². The van der Waals surface area contributed by atoms with Crippen LogP contribution in [0.15, 0.2) is 4.21 Å². The topological polar surface area (TPSA) is 43.4 Å². The molecule has 2 rings (SSSR count). The van der Waals surface area contributed by atoms with Crippen LogP contribution in [0.5, 0.6) is 5.06 Å². The van der Waals surface area contributed by atoms with Crippen LogP contribution in [0.3, 0.4) is 0 Å². The number of ether oxygens (including phenoxy) is 1. The van der Waals surface area contributed by atoms with Gasteiger partial charge in [0.25, 0.3) is 0 Å². The zero-order valence-corrected chi connectivity index (χ0v) is 13.2. The maximum atomic E-state index is 12.3. The van der Waals surface area contributed by atoms with E-state index in [0.717, 1.165) is 11.3 Å².